The molecule has 0 radical (unpaired) electrons. The van der Waals surface area contributed by atoms with E-state index in [-0.39, 0.29) is 41.2 Å². The first-order chi connectivity index (χ1) is 20.0. The molecule has 216 valence electrons. The van der Waals surface area contributed by atoms with Gasteiger partial charge in [-0.2, -0.15) is 0 Å². The van der Waals surface area contributed by atoms with Crippen molar-refractivity contribution < 1.29 is 34.1 Å². The molecule has 14 nitrogen and oxygen atoms in total. The monoisotopic (exact) mass is 575 g/mol. The maximum Gasteiger partial charge on any atom is 0.305 e. The molecule has 1 fully saturated rings. The second-order valence-corrected chi connectivity index (χ2v) is 9.56. The normalized spacial score (nSPS) is 15.1. The molecule has 3 aromatic carbocycles. The standard InChI is InChI=1S/C28H25N5O9/c1-17-8-10-18(11-9-17)27(37)30-12-13-31(28(38)20-5-3-7-22(15-20)33(41)42)26(30)25(36)29-23(16-24(34)35)19-4-2-6-21(14-19)32(39)40/h2-11,14-15,23,26H,12-13,16H2,1H3,(H,29,36)(H,34,35). The van der Waals surface area contributed by atoms with E-state index in [9.17, 15) is 44.5 Å². The lowest BCUT2D eigenvalue weighted by atomic mass is 10.0. The predicted molar refractivity (Wildman–Crippen MR) is 146 cm³/mol. The summed E-state index contributed by atoms with van der Waals surface area (Å²) < 4.78 is 0. The summed E-state index contributed by atoms with van der Waals surface area (Å²) in [4.78, 5) is 76.0. The molecule has 1 aliphatic rings. The first kappa shape index (κ1) is 29.3. The molecule has 3 amide bonds. The van der Waals surface area contributed by atoms with Gasteiger partial charge in [-0.3, -0.25) is 39.4 Å². The first-order valence-electron chi connectivity index (χ1n) is 12.7. The van der Waals surface area contributed by atoms with Crippen LogP contribution in [0.3, 0.4) is 0 Å². The van der Waals surface area contributed by atoms with Crippen molar-refractivity contribution in [3.05, 3.63) is 115 Å². The van der Waals surface area contributed by atoms with Gasteiger partial charge < -0.3 is 20.2 Å². The molecule has 0 bridgehead atoms. The Hall–Kier alpha value is -5.66. The van der Waals surface area contributed by atoms with Crippen LogP contribution in [0.5, 0.6) is 0 Å². The van der Waals surface area contributed by atoms with Gasteiger partial charge in [-0.1, -0.05) is 35.9 Å². The fraction of sp³-hybridized carbons (Fsp3) is 0.214. The van der Waals surface area contributed by atoms with Crippen LogP contribution >= 0.6 is 0 Å². The Morgan fingerprint density at radius 1 is 0.857 bits per heavy atom. The Labute approximate surface area is 238 Å². The molecule has 3 aromatic rings. The number of hydrogen-bond donors (Lipinski definition) is 2. The third-order valence-electron chi connectivity index (χ3n) is 6.71. The van der Waals surface area contributed by atoms with Crippen molar-refractivity contribution in [2.24, 2.45) is 0 Å². The van der Waals surface area contributed by atoms with Gasteiger partial charge >= 0.3 is 5.97 Å². The molecule has 0 spiro atoms. The Kier molecular flexibility index (Phi) is 8.55. The molecule has 2 atom stereocenters. The van der Waals surface area contributed by atoms with E-state index >= 15 is 0 Å². The number of hydrogen-bond acceptors (Lipinski definition) is 8. The second kappa shape index (κ2) is 12.2. The topological polar surface area (TPSA) is 193 Å². The molecule has 14 heteroatoms. The summed E-state index contributed by atoms with van der Waals surface area (Å²) in [6, 6.07) is 15.3. The van der Waals surface area contributed by atoms with Crippen molar-refractivity contribution in [2.75, 3.05) is 13.1 Å². The third kappa shape index (κ3) is 6.38. The van der Waals surface area contributed by atoms with Gasteiger partial charge in [0.2, 0.25) is 0 Å². The molecule has 1 aliphatic heterocycles. The fourth-order valence-electron chi connectivity index (χ4n) is 4.65. The largest absolute Gasteiger partial charge is 0.481 e. The highest BCUT2D eigenvalue weighted by Gasteiger charge is 2.44. The van der Waals surface area contributed by atoms with E-state index in [4.69, 9.17) is 0 Å². The van der Waals surface area contributed by atoms with Crippen LogP contribution in [0, 0.1) is 27.2 Å². The van der Waals surface area contributed by atoms with Crippen LogP contribution in [0.2, 0.25) is 0 Å². The number of carboxylic acids is 1. The number of aliphatic carboxylic acids is 1. The van der Waals surface area contributed by atoms with Crippen molar-refractivity contribution in [2.45, 2.75) is 25.6 Å². The van der Waals surface area contributed by atoms with Crippen LogP contribution in [-0.4, -0.2) is 67.7 Å². The zero-order valence-corrected chi connectivity index (χ0v) is 22.2. The van der Waals surface area contributed by atoms with Crippen molar-refractivity contribution >= 4 is 35.1 Å². The Morgan fingerprint density at radius 3 is 1.98 bits per heavy atom. The van der Waals surface area contributed by atoms with Gasteiger partial charge in [0.05, 0.1) is 22.3 Å². The van der Waals surface area contributed by atoms with E-state index in [2.05, 4.69) is 5.32 Å². The lowest BCUT2D eigenvalue weighted by Gasteiger charge is -2.31. The van der Waals surface area contributed by atoms with E-state index in [1.807, 2.05) is 6.92 Å². The Morgan fingerprint density at radius 2 is 1.40 bits per heavy atom. The summed E-state index contributed by atoms with van der Waals surface area (Å²) in [6.45, 7) is 1.67. The molecule has 1 saturated heterocycles. The van der Waals surface area contributed by atoms with Crippen molar-refractivity contribution in [3.8, 4) is 0 Å². The van der Waals surface area contributed by atoms with E-state index in [0.717, 1.165) is 27.5 Å². The highest BCUT2D eigenvalue weighted by Crippen LogP contribution is 2.26. The van der Waals surface area contributed by atoms with E-state index in [0.29, 0.717) is 0 Å². The van der Waals surface area contributed by atoms with Crippen molar-refractivity contribution in [1.29, 1.82) is 0 Å². The number of carboxylic acid groups (broad SMARTS) is 1. The predicted octanol–water partition coefficient (Wildman–Crippen LogP) is 3.07. The summed E-state index contributed by atoms with van der Waals surface area (Å²) >= 11 is 0. The van der Waals surface area contributed by atoms with Gasteiger partial charge in [0, 0.05) is 48.5 Å². The Balaban J connectivity index is 1.72. The van der Waals surface area contributed by atoms with Crippen LogP contribution in [-0.2, 0) is 9.59 Å². The minimum absolute atomic E-state index is 0.0636. The molecule has 0 aromatic heterocycles. The summed E-state index contributed by atoms with van der Waals surface area (Å²) in [7, 11) is 0. The summed E-state index contributed by atoms with van der Waals surface area (Å²) in [5.41, 5.74) is 0.498. The summed E-state index contributed by atoms with van der Waals surface area (Å²) in [5.74, 6) is -3.56. The molecular weight excluding hydrogens is 550 g/mol. The molecular formula is C28H25N5O9. The number of non-ortho nitro benzene ring substituents is 2. The van der Waals surface area contributed by atoms with E-state index in [1.165, 1.54) is 36.4 Å². The molecule has 2 unspecified atom stereocenters. The third-order valence-corrected chi connectivity index (χ3v) is 6.71. The zero-order valence-electron chi connectivity index (χ0n) is 22.2. The van der Waals surface area contributed by atoms with Gasteiger partial charge in [-0.05, 0) is 30.7 Å². The number of rotatable bonds is 9. The number of benzene rings is 3. The molecule has 42 heavy (non-hydrogen) atoms. The number of amides is 3. The Bertz CT molecular complexity index is 1570. The summed E-state index contributed by atoms with van der Waals surface area (Å²) in [6.07, 6.45) is -2.20. The minimum Gasteiger partial charge on any atom is -0.481 e. The average Bonchev–Trinajstić information content (AvgIpc) is 3.41. The lowest BCUT2D eigenvalue weighted by molar-refractivity contribution is -0.385. The van der Waals surface area contributed by atoms with E-state index < -0.39 is 52.2 Å². The maximum absolute atomic E-state index is 13.8. The van der Waals surface area contributed by atoms with E-state index in [1.54, 1.807) is 24.3 Å². The molecule has 0 saturated carbocycles. The second-order valence-electron chi connectivity index (χ2n) is 9.56. The van der Waals surface area contributed by atoms with Crippen LogP contribution in [0.15, 0.2) is 72.8 Å². The van der Waals surface area contributed by atoms with Crippen molar-refractivity contribution in [3.63, 3.8) is 0 Å². The highest BCUT2D eigenvalue weighted by atomic mass is 16.6. The number of carbonyl (C=O) groups excluding carboxylic acids is 3. The van der Waals surface area contributed by atoms with Gasteiger partial charge in [0.25, 0.3) is 29.1 Å². The number of nitrogens with one attached hydrogen (secondary N) is 1. The maximum atomic E-state index is 13.8. The van der Waals surface area contributed by atoms with Gasteiger partial charge in [0.15, 0.2) is 6.17 Å². The smallest absolute Gasteiger partial charge is 0.305 e. The van der Waals surface area contributed by atoms with Gasteiger partial charge in [0.1, 0.15) is 0 Å². The molecule has 4 rings (SSSR count). The number of nitro benzene ring substituents is 2. The van der Waals surface area contributed by atoms with Gasteiger partial charge in [-0.15, -0.1) is 0 Å². The van der Waals surface area contributed by atoms with Crippen LogP contribution in [0.4, 0.5) is 11.4 Å². The average molecular weight is 576 g/mol. The van der Waals surface area contributed by atoms with Crippen molar-refractivity contribution in [1.82, 2.24) is 15.1 Å². The highest BCUT2D eigenvalue weighted by molar-refractivity contribution is 6.02. The SMILES string of the molecule is Cc1ccc(C(=O)N2CCN(C(=O)c3cccc([N+](=O)[O-])c3)C2C(=O)NC(CC(=O)O)c2cccc([N+](=O)[O-])c2)cc1. The quantitative estimate of drug-likeness (QED) is 0.285. The number of carbonyl (C=O) groups is 4. The molecule has 1 heterocycles. The first-order valence-corrected chi connectivity index (χ1v) is 12.7. The lowest BCUT2D eigenvalue weighted by Crippen LogP contribution is -2.54. The zero-order chi connectivity index (χ0) is 30.6. The number of aryl methyl sites for hydroxylation is 1. The molecule has 2 N–H and O–H groups in total. The fourth-order valence-corrected chi connectivity index (χ4v) is 4.65. The number of nitrogens with zero attached hydrogens (tertiary/aromatic N) is 4. The van der Waals surface area contributed by atoms with Gasteiger partial charge in [-0.25, -0.2) is 0 Å². The van der Waals surface area contributed by atoms with Crippen LogP contribution in [0.25, 0.3) is 0 Å². The number of nitro groups is 2. The molecule has 0 aliphatic carbocycles. The minimum atomic E-state index is -1.56. The van der Waals surface area contributed by atoms with Crippen LogP contribution in [0.1, 0.15) is 44.3 Å². The summed E-state index contributed by atoms with van der Waals surface area (Å²) in [5, 5.41) is 34.6. The van der Waals surface area contributed by atoms with Crippen LogP contribution < -0.4 is 5.32 Å².